The molecular weight excluding hydrogens is 428 g/mol. The Morgan fingerprint density at radius 3 is 2.15 bits per heavy atom. The van der Waals surface area contributed by atoms with Crippen LogP contribution in [-0.2, 0) is 25.5 Å². The topological polar surface area (TPSA) is 61.8 Å². The summed E-state index contributed by atoms with van der Waals surface area (Å²) in [6.07, 6.45) is 14.0. The number of carbonyl (C=O) groups excluding carboxylic acids is 2. The minimum absolute atomic E-state index is 0.0952. The third kappa shape index (κ3) is 8.48. The van der Waals surface area contributed by atoms with Crippen LogP contribution in [0.5, 0.6) is 5.75 Å². The summed E-state index contributed by atoms with van der Waals surface area (Å²) in [5.41, 5.74) is 1.38. The van der Waals surface area contributed by atoms with Crippen LogP contribution in [0.15, 0.2) is 36.4 Å². The van der Waals surface area contributed by atoms with Crippen molar-refractivity contribution < 1.29 is 23.8 Å². The molecule has 0 aliphatic heterocycles. The van der Waals surface area contributed by atoms with E-state index in [0.29, 0.717) is 24.2 Å². The standard InChI is InChI=1S/C29H42O5/c1-4-5-22-6-11-24(12-7-22)25-13-17-27(18-14-25)34-28(30)19-10-23-8-15-26(16-9-23)32-20-33-29(31)21(2)3/h8-9,15-16,22,24-25,27H,2,4-7,10-14,17-20H2,1,3H3. The summed E-state index contributed by atoms with van der Waals surface area (Å²) in [7, 11) is 0. The Hall–Kier alpha value is -2.30. The van der Waals surface area contributed by atoms with Crippen LogP contribution in [0.25, 0.3) is 0 Å². The minimum Gasteiger partial charge on any atom is -0.462 e. The molecule has 2 saturated carbocycles. The van der Waals surface area contributed by atoms with Crippen molar-refractivity contribution in [3.05, 3.63) is 42.0 Å². The molecule has 3 rings (SSSR count). The van der Waals surface area contributed by atoms with Gasteiger partial charge in [-0.1, -0.05) is 51.3 Å². The molecule has 0 N–H and O–H groups in total. The van der Waals surface area contributed by atoms with E-state index in [-0.39, 0.29) is 18.9 Å². The van der Waals surface area contributed by atoms with Gasteiger partial charge in [-0.05, 0) is 87.3 Å². The average Bonchev–Trinajstić information content (AvgIpc) is 2.84. The SMILES string of the molecule is C=C(C)C(=O)OCOc1ccc(CCC(=O)OC2CCC(C3CCC(CCC)CC3)CC2)cc1. The van der Waals surface area contributed by atoms with Crippen LogP contribution in [0.3, 0.4) is 0 Å². The monoisotopic (exact) mass is 470 g/mol. The molecule has 0 radical (unpaired) electrons. The van der Waals surface area contributed by atoms with Gasteiger partial charge in [-0.3, -0.25) is 4.79 Å². The fourth-order valence-corrected chi connectivity index (χ4v) is 5.55. The number of benzene rings is 1. The van der Waals surface area contributed by atoms with Gasteiger partial charge in [0.2, 0.25) is 6.79 Å². The van der Waals surface area contributed by atoms with Crippen LogP contribution in [0.4, 0.5) is 0 Å². The number of hydrogen-bond acceptors (Lipinski definition) is 5. The molecule has 34 heavy (non-hydrogen) atoms. The van der Waals surface area contributed by atoms with Gasteiger partial charge in [0.25, 0.3) is 0 Å². The zero-order valence-electron chi connectivity index (χ0n) is 21.1. The van der Waals surface area contributed by atoms with E-state index < -0.39 is 5.97 Å². The van der Waals surface area contributed by atoms with Gasteiger partial charge in [0.15, 0.2) is 0 Å². The van der Waals surface area contributed by atoms with Crippen molar-refractivity contribution in [1.29, 1.82) is 0 Å². The zero-order valence-corrected chi connectivity index (χ0v) is 21.1. The first-order valence-electron chi connectivity index (χ1n) is 13.2. The summed E-state index contributed by atoms with van der Waals surface area (Å²) in [4.78, 5) is 23.7. The quantitative estimate of drug-likeness (QED) is 0.203. The van der Waals surface area contributed by atoms with Crippen molar-refractivity contribution in [2.24, 2.45) is 17.8 Å². The summed E-state index contributed by atoms with van der Waals surface area (Å²) in [6, 6.07) is 7.46. The molecule has 5 nitrogen and oxygen atoms in total. The molecule has 0 bridgehead atoms. The Kier molecular flexibility index (Phi) is 10.5. The minimum atomic E-state index is -0.474. The number of ether oxygens (including phenoxy) is 3. The molecule has 0 unspecified atom stereocenters. The smallest absolute Gasteiger partial charge is 0.335 e. The molecule has 0 spiro atoms. The highest BCUT2D eigenvalue weighted by Gasteiger charge is 2.31. The van der Waals surface area contributed by atoms with Crippen LogP contribution >= 0.6 is 0 Å². The summed E-state index contributed by atoms with van der Waals surface area (Å²) in [5, 5.41) is 0. The lowest BCUT2D eigenvalue weighted by molar-refractivity contribution is -0.151. The third-order valence-electron chi connectivity index (χ3n) is 7.58. The lowest BCUT2D eigenvalue weighted by Crippen LogP contribution is -2.29. The fraction of sp³-hybridized carbons (Fsp3) is 0.655. The van der Waals surface area contributed by atoms with Crippen molar-refractivity contribution in [1.82, 2.24) is 0 Å². The first-order chi connectivity index (χ1) is 16.4. The van der Waals surface area contributed by atoms with E-state index in [1.807, 2.05) is 24.3 Å². The fourth-order valence-electron chi connectivity index (χ4n) is 5.55. The maximum atomic E-state index is 12.4. The number of aryl methyl sites for hydroxylation is 1. The first-order valence-corrected chi connectivity index (χ1v) is 13.2. The predicted molar refractivity (Wildman–Crippen MR) is 133 cm³/mol. The van der Waals surface area contributed by atoms with E-state index in [1.165, 1.54) is 51.4 Å². The maximum Gasteiger partial charge on any atom is 0.335 e. The van der Waals surface area contributed by atoms with Crippen molar-refractivity contribution in [3.63, 3.8) is 0 Å². The van der Waals surface area contributed by atoms with Crippen LogP contribution in [0, 0.1) is 17.8 Å². The van der Waals surface area contributed by atoms with Crippen molar-refractivity contribution in [2.45, 2.75) is 97.0 Å². The predicted octanol–water partition coefficient (Wildman–Crippen LogP) is 6.78. The lowest BCUT2D eigenvalue weighted by Gasteiger charge is -2.37. The highest BCUT2D eigenvalue weighted by molar-refractivity contribution is 5.86. The molecule has 0 amide bonds. The molecule has 0 saturated heterocycles. The van der Waals surface area contributed by atoms with Crippen LogP contribution in [-0.4, -0.2) is 24.8 Å². The van der Waals surface area contributed by atoms with Crippen LogP contribution in [0.2, 0.25) is 0 Å². The molecule has 0 aromatic heterocycles. The molecule has 1 aromatic carbocycles. The Morgan fingerprint density at radius 2 is 1.56 bits per heavy atom. The molecule has 1 aromatic rings. The first kappa shape index (κ1) is 26.3. The normalized spacial score (nSPS) is 24.8. The highest BCUT2D eigenvalue weighted by atomic mass is 16.7. The van der Waals surface area contributed by atoms with Gasteiger partial charge in [0.05, 0.1) is 0 Å². The van der Waals surface area contributed by atoms with E-state index >= 15 is 0 Å². The molecule has 0 atom stereocenters. The molecular formula is C29H42O5. The second-order valence-electron chi connectivity index (χ2n) is 10.2. The summed E-state index contributed by atoms with van der Waals surface area (Å²) in [5.74, 6) is 2.73. The second-order valence-corrected chi connectivity index (χ2v) is 10.2. The zero-order chi connectivity index (χ0) is 24.3. The molecule has 188 valence electrons. The molecule has 2 fully saturated rings. The maximum absolute atomic E-state index is 12.4. The molecule has 2 aliphatic rings. The number of rotatable bonds is 11. The third-order valence-corrected chi connectivity index (χ3v) is 7.58. The van der Waals surface area contributed by atoms with Crippen molar-refractivity contribution >= 4 is 11.9 Å². The van der Waals surface area contributed by atoms with Gasteiger partial charge in [0.1, 0.15) is 11.9 Å². The molecule has 2 aliphatic carbocycles. The van der Waals surface area contributed by atoms with Gasteiger partial charge in [0, 0.05) is 12.0 Å². The number of esters is 2. The van der Waals surface area contributed by atoms with Crippen LogP contribution < -0.4 is 4.74 Å². The molecule has 5 heteroatoms. The molecule has 0 heterocycles. The number of carbonyl (C=O) groups is 2. The van der Waals surface area contributed by atoms with E-state index in [1.54, 1.807) is 6.92 Å². The Morgan fingerprint density at radius 1 is 0.941 bits per heavy atom. The van der Waals surface area contributed by atoms with Gasteiger partial charge in [-0.25, -0.2) is 4.79 Å². The van der Waals surface area contributed by atoms with E-state index in [4.69, 9.17) is 14.2 Å². The summed E-state index contributed by atoms with van der Waals surface area (Å²) >= 11 is 0. The summed E-state index contributed by atoms with van der Waals surface area (Å²) in [6.45, 7) is 7.26. The van der Waals surface area contributed by atoms with Gasteiger partial charge < -0.3 is 14.2 Å². The highest BCUT2D eigenvalue weighted by Crippen LogP contribution is 2.41. The van der Waals surface area contributed by atoms with E-state index in [0.717, 1.165) is 36.2 Å². The summed E-state index contributed by atoms with van der Waals surface area (Å²) < 4.78 is 16.1. The Labute approximate surface area is 205 Å². The van der Waals surface area contributed by atoms with Gasteiger partial charge in [-0.2, -0.15) is 0 Å². The largest absolute Gasteiger partial charge is 0.462 e. The Bertz CT molecular complexity index is 783. The van der Waals surface area contributed by atoms with Crippen molar-refractivity contribution in [2.75, 3.05) is 6.79 Å². The van der Waals surface area contributed by atoms with Gasteiger partial charge in [-0.15, -0.1) is 0 Å². The second kappa shape index (κ2) is 13.6. The Balaban J connectivity index is 1.30. The van der Waals surface area contributed by atoms with Crippen molar-refractivity contribution in [3.8, 4) is 5.75 Å². The number of hydrogen-bond donors (Lipinski definition) is 0. The lowest BCUT2D eigenvalue weighted by atomic mass is 9.70. The van der Waals surface area contributed by atoms with Gasteiger partial charge >= 0.3 is 11.9 Å². The van der Waals surface area contributed by atoms with E-state index in [9.17, 15) is 9.59 Å². The van der Waals surface area contributed by atoms with Crippen LogP contribution in [0.1, 0.15) is 90.0 Å². The average molecular weight is 471 g/mol. The van der Waals surface area contributed by atoms with E-state index in [2.05, 4.69) is 13.5 Å².